The Hall–Kier alpha value is -2.10. The van der Waals surface area contributed by atoms with Crippen LogP contribution >= 0.6 is 23.2 Å². The van der Waals surface area contributed by atoms with Crippen molar-refractivity contribution in [1.82, 2.24) is 0 Å². The number of hydrogen-bond acceptors (Lipinski definition) is 3. The van der Waals surface area contributed by atoms with E-state index in [2.05, 4.69) is 0 Å². The van der Waals surface area contributed by atoms with Crippen molar-refractivity contribution < 1.29 is 0 Å². The van der Waals surface area contributed by atoms with Gasteiger partial charge < -0.3 is 4.90 Å². The molecule has 0 fully saturated rings. The first-order chi connectivity index (χ1) is 10.6. The fourth-order valence-electron chi connectivity index (χ4n) is 2.29. The molecule has 1 atom stereocenters. The Kier molecular flexibility index (Phi) is 4.01. The molecule has 0 saturated carbocycles. The van der Waals surface area contributed by atoms with Crippen molar-refractivity contribution in [3.05, 3.63) is 91.7 Å². The maximum absolute atomic E-state index is 11.9. The molecule has 22 heavy (non-hydrogen) atoms. The summed E-state index contributed by atoms with van der Waals surface area (Å²) in [5, 5.41) is -0.0737. The molecule has 3 nitrogen and oxygen atoms in total. The highest BCUT2D eigenvalue weighted by atomic mass is 35.5. The van der Waals surface area contributed by atoms with Crippen LogP contribution in [0.3, 0.4) is 0 Å². The number of hydrogen-bond donors (Lipinski definition) is 0. The zero-order valence-corrected chi connectivity index (χ0v) is 12.9. The van der Waals surface area contributed by atoms with Gasteiger partial charge in [-0.3, -0.25) is 9.59 Å². The summed E-state index contributed by atoms with van der Waals surface area (Å²) in [6.07, 6.45) is 0. The van der Waals surface area contributed by atoms with Gasteiger partial charge in [-0.25, -0.2) is 0 Å². The molecule has 0 spiro atoms. The van der Waals surface area contributed by atoms with Gasteiger partial charge in [0, 0.05) is 5.69 Å². The Morgan fingerprint density at radius 1 is 0.818 bits per heavy atom. The smallest absolute Gasteiger partial charge is 0.252 e. The molecule has 0 aliphatic rings. The van der Waals surface area contributed by atoms with E-state index in [1.165, 1.54) is 0 Å². The van der Waals surface area contributed by atoms with Gasteiger partial charge in [-0.15, -0.1) is 0 Å². The zero-order valence-electron chi connectivity index (χ0n) is 11.4. The largest absolute Gasteiger partial charge is 0.316 e. The highest BCUT2D eigenvalue weighted by Gasteiger charge is 2.30. The highest BCUT2D eigenvalue weighted by Crippen LogP contribution is 2.38. The molecule has 3 rings (SSSR count). The van der Waals surface area contributed by atoms with Gasteiger partial charge in [-0.05, 0) is 17.7 Å². The molecule has 3 aromatic carbocycles. The fraction of sp³-hybridized carbons (Fsp3) is 0.0588. The van der Waals surface area contributed by atoms with Gasteiger partial charge in [-0.1, -0.05) is 71.7 Å². The van der Waals surface area contributed by atoms with E-state index in [4.69, 9.17) is 23.2 Å². The molecule has 0 N–H and O–H groups in total. The topological polar surface area (TPSA) is 37.4 Å². The summed E-state index contributed by atoms with van der Waals surface area (Å²) in [5.41, 5.74) is -0.298. The number of anilines is 2. The summed E-state index contributed by atoms with van der Waals surface area (Å²) in [4.78, 5) is 25.0. The molecule has 3 aromatic rings. The van der Waals surface area contributed by atoms with E-state index in [1.54, 1.807) is 4.90 Å². The number of alkyl halides is 1. The monoisotopic (exact) mass is 331 g/mol. The minimum absolute atomic E-state index is 0.0737. The van der Waals surface area contributed by atoms with Gasteiger partial charge in [0.1, 0.15) is 16.2 Å². The lowest BCUT2D eigenvalue weighted by Crippen LogP contribution is -2.39. The lowest BCUT2D eigenvalue weighted by Gasteiger charge is -2.30. The van der Waals surface area contributed by atoms with Crippen LogP contribution < -0.4 is 15.8 Å². The van der Waals surface area contributed by atoms with Crippen molar-refractivity contribution in [1.29, 1.82) is 0 Å². The van der Waals surface area contributed by atoms with E-state index in [1.807, 2.05) is 60.7 Å². The number of halogens is 2. The van der Waals surface area contributed by atoms with Gasteiger partial charge >= 0.3 is 0 Å². The third-order valence-corrected chi connectivity index (χ3v) is 4.20. The van der Waals surface area contributed by atoms with E-state index in [-0.39, 0.29) is 10.7 Å². The van der Waals surface area contributed by atoms with Gasteiger partial charge in [0.2, 0.25) is 5.43 Å². The first-order valence-corrected chi connectivity index (χ1v) is 7.45. The molecule has 0 heterocycles. The molecule has 0 aromatic heterocycles. The molecule has 0 amide bonds. The van der Waals surface area contributed by atoms with Crippen LogP contribution in [0.5, 0.6) is 0 Å². The minimum atomic E-state index is -0.672. The first-order valence-electron chi connectivity index (χ1n) is 6.63. The minimum Gasteiger partial charge on any atom is -0.316 e. The Labute approximate surface area is 137 Å². The van der Waals surface area contributed by atoms with E-state index in [0.29, 0.717) is 5.69 Å². The predicted molar refractivity (Wildman–Crippen MR) is 90.0 cm³/mol. The van der Waals surface area contributed by atoms with Gasteiger partial charge in [0.25, 0.3) is 5.43 Å². The van der Waals surface area contributed by atoms with Crippen molar-refractivity contribution in [2.45, 2.75) is 5.50 Å². The molecule has 0 bridgehead atoms. The van der Waals surface area contributed by atoms with E-state index >= 15 is 0 Å². The number of para-hydroxylation sites is 1. The Morgan fingerprint density at radius 3 is 1.91 bits per heavy atom. The molecule has 0 aliphatic heterocycles. The van der Waals surface area contributed by atoms with Crippen LogP contribution in [-0.2, 0) is 0 Å². The van der Waals surface area contributed by atoms with Crippen LogP contribution in [0.1, 0.15) is 11.1 Å². The molecule has 1 unspecified atom stereocenters. The van der Waals surface area contributed by atoms with Crippen LogP contribution in [0.4, 0.5) is 11.4 Å². The van der Waals surface area contributed by atoms with E-state index in [0.717, 1.165) is 5.56 Å². The molecule has 5 heteroatoms. The lowest BCUT2D eigenvalue weighted by atomic mass is 10.1. The first kappa shape index (κ1) is 14.8. The summed E-state index contributed by atoms with van der Waals surface area (Å²) in [7, 11) is 0. The summed E-state index contributed by atoms with van der Waals surface area (Å²) < 4.78 is 0. The third kappa shape index (κ3) is 2.43. The summed E-state index contributed by atoms with van der Waals surface area (Å²) in [5.74, 6) is 0. The summed E-state index contributed by atoms with van der Waals surface area (Å²) in [6, 6.07) is 18.4. The second kappa shape index (κ2) is 5.95. The standard InChI is InChI=1S/C17H11Cl2NO2/c18-13-14(16(22)15(13)21)20(12-9-5-2-6-10-12)17(19)11-7-3-1-4-8-11/h1-10,17H. The van der Waals surface area contributed by atoms with Crippen LogP contribution in [-0.4, -0.2) is 0 Å². The maximum atomic E-state index is 11.9. The molecular formula is C17H11Cl2NO2. The molecule has 110 valence electrons. The van der Waals surface area contributed by atoms with Gasteiger partial charge in [0.15, 0.2) is 0 Å². The zero-order chi connectivity index (χ0) is 15.7. The van der Waals surface area contributed by atoms with Crippen molar-refractivity contribution in [2.75, 3.05) is 4.90 Å². The number of rotatable bonds is 4. The predicted octanol–water partition coefficient (Wildman–Crippen LogP) is 4.01. The van der Waals surface area contributed by atoms with Crippen molar-refractivity contribution in [2.24, 2.45) is 0 Å². The van der Waals surface area contributed by atoms with Crippen molar-refractivity contribution in [3.8, 4) is 0 Å². The third-order valence-electron chi connectivity index (χ3n) is 3.41. The summed E-state index contributed by atoms with van der Waals surface area (Å²) in [6.45, 7) is 0. The second-order valence-corrected chi connectivity index (χ2v) is 5.56. The average molecular weight is 332 g/mol. The average Bonchev–Trinajstić information content (AvgIpc) is 2.59. The Morgan fingerprint density at radius 2 is 1.36 bits per heavy atom. The van der Waals surface area contributed by atoms with E-state index in [9.17, 15) is 9.59 Å². The molecule has 0 radical (unpaired) electrons. The lowest BCUT2D eigenvalue weighted by molar-refractivity contribution is 0.922. The highest BCUT2D eigenvalue weighted by molar-refractivity contribution is 6.34. The summed E-state index contributed by atoms with van der Waals surface area (Å²) >= 11 is 12.5. The van der Waals surface area contributed by atoms with Crippen LogP contribution in [0.15, 0.2) is 70.3 Å². The fourth-order valence-corrected chi connectivity index (χ4v) is 2.91. The Balaban J connectivity index is 2.13. The van der Waals surface area contributed by atoms with Crippen LogP contribution in [0, 0.1) is 0 Å². The quantitative estimate of drug-likeness (QED) is 0.411. The van der Waals surface area contributed by atoms with Crippen molar-refractivity contribution in [3.63, 3.8) is 0 Å². The molecule has 0 aliphatic carbocycles. The Bertz CT molecular complexity index is 855. The van der Waals surface area contributed by atoms with Crippen LogP contribution in [0.25, 0.3) is 0 Å². The van der Waals surface area contributed by atoms with Gasteiger partial charge in [0.05, 0.1) is 0 Å². The number of nitrogens with zero attached hydrogens (tertiary/aromatic N) is 1. The van der Waals surface area contributed by atoms with Gasteiger partial charge in [-0.2, -0.15) is 0 Å². The molecule has 0 saturated heterocycles. The van der Waals surface area contributed by atoms with E-state index < -0.39 is 16.4 Å². The maximum Gasteiger partial charge on any atom is 0.252 e. The van der Waals surface area contributed by atoms with Crippen LogP contribution in [0.2, 0.25) is 5.02 Å². The number of benzene rings is 2. The second-order valence-electron chi connectivity index (χ2n) is 4.77. The normalized spacial score (nSPS) is 12.3. The molecular weight excluding hydrogens is 321 g/mol. The van der Waals surface area contributed by atoms with Crippen molar-refractivity contribution >= 4 is 34.6 Å². The SMILES string of the molecule is O=c1c(Cl)c(N(c2ccccc2)C(Cl)c2ccccc2)c1=O.